The van der Waals surface area contributed by atoms with E-state index in [0.717, 1.165) is 37.2 Å². The van der Waals surface area contributed by atoms with Gasteiger partial charge in [0.15, 0.2) is 0 Å². The number of carbonyl (C=O) groups is 1. The monoisotopic (exact) mass is 464 g/mol. The molecule has 1 amide bonds. The van der Waals surface area contributed by atoms with Crippen LogP contribution in [-0.2, 0) is 12.8 Å². The summed E-state index contributed by atoms with van der Waals surface area (Å²) in [6, 6.07) is 3.61. The molecule has 9 heteroatoms. The van der Waals surface area contributed by atoms with Crippen LogP contribution in [0.5, 0.6) is 0 Å². The molecule has 33 heavy (non-hydrogen) atoms. The largest absolute Gasteiger partial charge is 0.396 e. The van der Waals surface area contributed by atoms with Crippen molar-refractivity contribution in [3.05, 3.63) is 45.3 Å². The third kappa shape index (κ3) is 3.89. The number of benzene rings is 1. The average Bonchev–Trinajstić information content (AvgIpc) is 3.15. The molecule has 2 aromatic heterocycles. The summed E-state index contributed by atoms with van der Waals surface area (Å²) in [6.45, 7) is 3.54. The van der Waals surface area contributed by atoms with Crippen LogP contribution in [0.1, 0.15) is 57.7 Å². The topological polar surface area (TPSA) is 108 Å². The van der Waals surface area contributed by atoms with Crippen molar-refractivity contribution in [2.45, 2.75) is 51.5 Å². The maximum Gasteiger partial charge on any atom is 0.263 e. The zero-order valence-corrected chi connectivity index (χ0v) is 19.3. The molecule has 0 radical (unpaired) electrons. The molecule has 3 aromatic rings. The number of piperidine rings is 1. The third-order valence-corrected chi connectivity index (χ3v) is 7.66. The lowest BCUT2D eigenvalue weighted by Gasteiger charge is -2.33. The smallest absolute Gasteiger partial charge is 0.263 e. The van der Waals surface area contributed by atoms with Gasteiger partial charge in [-0.2, -0.15) is 5.26 Å². The van der Waals surface area contributed by atoms with Crippen molar-refractivity contribution in [3.8, 4) is 6.07 Å². The number of aromatic nitrogens is 2. The molecule has 1 aliphatic heterocycles. The van der Waals surface area contributed by atoms with Gasteiger partial charge in [-0.25, -0.2) is 14.4 Å². The summed E-state index contributed by atoms with van der Waals surface area (Å²) in [4.78, 5) is 24.8. The fourth-order valence-corrected chi connectivity index (χ4v) is 5.92. The zero-order valence-electron chi connectivity index (χ0n) is 18.4. The minimum atomic E-state index is -0.297. The number of amides is 1. The lowest BCUT2D eigenvalue weighted by molar-refractivity contribution is 0.0938. The summed E-state index contributed by atoms with van der Waals surface area (Å²) < 4.78 is 15.2. The van der Waals surface area contributed by atoms with Gasteiger partial charge in [0.1, 0.15) is 27.1 Å². The number of nitriles is 1. The number of aryl methyl sites for hydroxylation is 1. The summed E-state index contributed by atoms with van der Waals surface area (Å²) >= 11 is 1.21. The number of thiophene rings is 1. The van der Waals surface area contributed by atoms with E-state index in [1.807, 2.05) is 6.92 Å². The van der Waals surface area contributed by atoms with E-state index in [9.17, 15) is 10.1 Å². The van der Waals surface area contributed by atoms with E-state index < -0.39 is 0 Å². The molecule has 0 bridgehead atoms. The molecule has 5 rings (SSSR count). The molecule has 1 aromatic carbocycles. The van der Waals surface area contributed by atoms with Crippen molar-refractivity contribution in [1.29, 1.82) is 5.26 Å². The minimum absolute atomic E-state index is 0.237. The van der Waals surface area contributed by atoms with E-state index in [2.05, 4.69) is 26.3 Å². The van der Waals surface area contributed by atoms with Crippen LogP contribution in [-0.4, -0.2) is 35.0 Å². The summed E-state index contributed by atoms with van der Waals surface area (Å²) in [5, 5.41) is 12.9. The highest BCUT2D eigenvalue weighted by molar-refractivity contribution is 7.21. The molecule has 0 spiro atoms. The normalized spacial score (nSPS) is 18.1. The number of halogens is 1. The van der Waals surface area contributed by atoms with E-state index in [1.54, 1.807) is 6.20 Å². The highest BCUT2D eigenvalue weighted by Crippen LogP contribution is 2.36. The number of hydrogen-bond donors (Lipinski definition) is 2. The average molecular weight is 465 g/mol. The van der Waals surface area contributed by atoms with Crippen LogP contribution < -0.4 is 16.0 Å². The molecule has 1 aliphatic carbocycles. The van der Waals surface area contributed by atoms with Crippen molar-refractivity contribution >= 4 is 39.0 Å². The standard InChI is InChI=1S/C24H25FN6OS/c1-13-12-28-21-20(27)22(33-24(21)29-13)23(32)30-14-5-6-15-16(9-14)18(25)10-19(17(15)11-26)31-7-3-2-4-8-31/h10,12,14H,2-9,27H2,1H3,(H,30,32)/t14-/m0/s1. The van der Waals surface area contributed by atoms with Crippen molar-refractivity contribution in [2.75, 3.05) is 23.7 Å². The minimum Gasteiger partial charge on any atom is -0.396 e. The number of hydrogen-bond acceptors (Lipinski definition) is 7. The first kappa shape index (κ1) is 21.6. The van der Waals surface area contributed by atoms with Gasteiger partial charge in [0.2, 0.25) is 0 Å². The SMILES string of the molecule is Cc1cnc2c(N)c(C(=O)N[C@H]3CCc4c(C#N)c(N5CCCCC5)cc(F)c4C3)sc2n1. The first-order valence-electron chi connectivity index (χ1n) is 11.3. The molecule has 3 N–H and O–H groups in total. The van der Waals surface area contributed by atoms with Gasteiger partial charge in [-0.1, -0.05) is 0 Å². The van der Waals surface area contributed by atoms with Gasteiger partial charge in [0.05, 0.1) is 22.6 Å². The Hall–Kier alpha value is -3.25. The second-order valence-electron chi connectivity index (χ2n) is 8.79. The van der Waals surface area contributed by atoms with Crippen molar-refractivity contribution in [2.24, 2.45) is 0 Å². The summed E-state index contributed by atoms with van der Waals surface area (Å²) in [7, 11) is 0. The molecule has 1 atom stereocenters. The molecule has 7 nitrogen and oxygen atoms in total. The number of fused-ring (bicyclic) bond motifs is 2. The summed E-state index contributed by atoms with van der Waals surface area (Å²) in [6.07, 6.45) is 6.44. The Bertz CT molecular complexity index is 1290. The number of nitrogen functional groups attached to an aromatic ring is 1. The maximum absolute atomic E-state index is 15.2. The highest BCUT2D eigenvalue weighted by Gasteiger charge is 2.29. The lowest BCUT2D eigenvalue weighted by Crippen LogP contribution is -2.39. The molecule has 170 valence electrons. The molecule has 0 saturated carbocycles. The molecule has 1 saturated heterocycles. The molecule has 2 aliphatic rings. The van der Waals surface area contributed by atoms with Gasteiger partial charge in [-0.05, 0) is 62.6 Å². The highest BCUT2D eigenvalue weighted by atomic mass is 32.1. The van der Waals surface area contributed by atoms with Crippen LogP contribution >= 0.6 is 11.3 Å². The molecular formula is C24H25FN6OS. The number of nitrogens with two attached hydrogens (primary N) is 1. The molecule has 0 unspecified atom stereocenters. The summed E-state index contributed by atoms with van der Waals surface area (Å²) in [5.74, 6) is -0.594. The lowest BCUT2D eigenvalue weighted by atomic mass is 9.84. The molecule has 1 fully saturated rings. The van der Waals surface area contributed by atoms with E-state index >= 15 is 4.39 Å². The Morgan fingerprint density at radius 1 is 1.33 bits per heavy atom. The van der Waals surface area contributed by atoms with Crippen LogP contribution in [0.25, 0.3) is 10.3 Å². The summed E-state index contributed by atoms with van der Waals surface area (Å²) in [5.41, 5.74) is 10.4. The predicted octanol–water partition coefficient (Wildman–Crippen LogP) is 3.87. The zero-order chi connectivity index (χ0) is 23.1. The first-order valence-corrected chi connectivity index (χ1v) is 12.1. The van der Waals surface area contributed by atoms with Gasteiger partial charge in [-0.3, -0.25) is 4.79 Å². The van der Waals surface area contributed by atoms with Gasteiger partial charge in [-0.15, -0.1) is 11.3 Å². The Labute approximate surface area is 195 Å². The van der Waals surface area contributed by atoms with Gasteiger partial charge >= 0.3 is 0 Å². The fraction of sp³-hybridized carbons (Fsp3) is 0.417. The van der Waals surface area contributed by atoms with E-state index in [0.29, 0.717) is 57.0 Å². The third-order valence-electron chi connectivity index (χ3n) is 6.58. The van der Waals surface area contributed by atoms with E-state index in [-0.39, 0.29) is 17.8 Å². The Kier molecular flexibility index (Phi) is 5.62. The maximum atomic E-state index is 15.2. The van der Waals surface area contributed by atoms with Crippen molar-refractivity contribution in [3.63, 3.8) is 0 Å². The fourth-order valence-electron chi connectivity index (χ4n) is 4.91. The van der Waals surface area contributed by atoms with Crippen molar-refractivity contribution in [1.82, 2.24) is 15.3 Å². The predicted molar refractivity (Wildman–Crippen MR) is 127 cm³/mol. The van der Waals surface area contributed by atoms with Crippen LogP contribution in [0.3, 0.4) is 0 Å². The molecular weight excluding hydrogens is 439 g/mol. The first-order chi connectivity index (χ1) is 16.0. The van der Waals surface area contributed by atoms with Crippen LogP contribution in [0.15, 0.2) is 12.3 Å². The van der Waals surface area contributed by atoms with Gasteiger partial charge in [0, 0.05) is 25.3 Å². The van der Waals surface area contributed by atoms with Crippen LogP contribution in [0.2, 0.25) is 0 Å². The number of carbonyl (C=O) groups excluding carboxylic acids is 1. The number of anilines is 2. The Morgan fingerprint density at radius 3 is 2.88 bits per heavy atom. The van der Waals surface area contributed by atoms with E-state index in [4.69, 9.17) is 5.73 Å². The van der Waals surface area contributed by atoms with Gasteiger partial charge < -0.3 is 16.0 Å². The quantitative estimate of drug-likeness (QED) is 0.609. The van der Waals surface area contributed by atoms with Crippen LogP contribution in [0, 0.1) is 24.1 Å². The number of rotatable bonds is 3. The number of nitrogens with zero attached hydrogens (tertiary/aromatic N) is 4. The van der Waals surface area contributed by atoms with E-state index in [1.165, 1.54) is 23.8 Å². The number of nitrogens with one attached hydrogen (secondary N) is 1. The van der Waals surface area contributed by atoms with Gasteiger partial charge in [0.25, 0.3) is 5.91 Å². The second-order valence-corrected chi connectivity index (χ2v) is 9.79. The second kappa shape index (κ2) is 8.60. The molecule has 3 heterocycles. The Balaban J connectivity index is 1.39. The van der Waals surface area contributed by atoms with Crippen LogP contribution in [0.4, 0.5) is 15.8 Å². The van der Waals surface area contributed by atoms with Crippen molar-refractivity contribution < 1.29 is 9.18 Å². The Morgan fingerprint density at radius 2 is 2.12 bits per heavy atom.